The van der Waals surface area contributed by atoms with Gasteiger partial charge in [0.15, 0.2) is 0 Å². The molecule has 2 rings (SSSR count). The van der Waals surface area contributed by atoms with E-state index in [9.17, 15) is 4.79 Å². The first kappa shape index (κ1) is 16.9. The van der Waals surface area contributed by atoms with Gasteiger partial charge in [0.25, 0.3) is 5.91 Å². The van der Waals surface area contributed by atoms with Crippen LogP contribution in [0.4, 0.5) is 5.95 Å². The van der Waals surface area contributed by atoms with Crippen LogP contribution in [0, 0.1) is 0 Å². The number of carbonyl (C=O) groups is 1. The van der Waals surface area contributed by atoms with Gasteiger partial charge in [0, 0.05) is 38.7 Å². The molecule has 2 aromatic heterocycles. The lowest BCUT2D eigenvalue weighted by molar-refractivity contribution is 0.0948. The second-order valence-corrected chi connectivity index (χ2v) is 5.38. The number of nitrogens with one attached hydrogen (secondary N) is 1. The fraction of sp³-hybridized carbons (Fsp3) is 0.412. The summed E-state index contributed by atoms with van der Waals surface area (Å²) in [5.74, 6) is 0.409. The van der Waals surface area contributed by atoms with E-state index in [2.05, 4.69) is 27.2 Å². The van der Waals surface area contributed by atoms with Gasteiger partial charge in [-0.3, -0.25) is 9.78 Å². The van der Waals surface area contributed by atoms with Gasteiger partial charge in [-0.25, -0.2) is 9.97 Å². The van der Waals surface area contributed by atoms with Crippen molar-refractivity contribution >= 4 is 11.9 Å². The molecule has 0 saturated heterocycles. The molecule has 0 aromatic carbocycles. The summed E-state index contributed by atoms with van der Waals surface area (Å²) in [4.78, 5) is 26.6. The average Bonchev–Trinajstić information content (AvgIpc) is 2.61. The van der Waals surface area contributed by atoms with Gasteiger partial charge < -0.3 is 10.2 Å². The van der Waals surface area contributed by atoms with Crippen LogP contribution in [-0.2, 0) is 6.42 Å². The minimum absolute atomic E-state index is 0.148. The van der Waals surface area contributed by atoms with E-state index in [1.54, 1.807) is 24.7 Å². The van der Waals surface area contributed by atoms with Crippen LogP contribution in [0.1, 0.15) is 35.8 Å². The van der Waals surface area contributed by atoms with Crippen molar-refractivity contribution < 1.29 is 4.79 Å². The largest absolute Gasteiger partial charge is 0.351 e. The molecule has 0 aliphatic heterocycles. The number of hydrogen-bond donors (Lipinski definition) is 1. The van der Waals surface area contributed by atoms with E-state index >= 15 is 0 Å². The lowest BCUT2D eigenvalue weighted by Gasteiger charge is -2.17. The summed E-state index contributed by atoms with van der Waals surface area (Å²) in [6, 6.07) is 5.63. The van der Waals surface area contributed by atoms with Gasteiger partial charge in [-0.1, -0.05) is 13.3 Å². The Morgan fingerprint density at radius 2 is 2.00 bits per heavy atom. The molecular weight excluding hydrogens is 290 g/mol. The van der Waals surface area contributed by atoms with Crippen LogP contribution >= 0.6 is 0 Å². The maximum Gasteiger partial charge on any atom is 0.270 e. The summed E-state index contributed by atoms with van der Waals surface area (Å²) in [7, 11) is 1.93. The van der Waals surface area contributed by atoms with Gasteiger partial charge in [-0.05, 0) is 36.6 Å². The van der Waals surface area contributed by atoms with Crippen LogP contribution in [0.15, 0.2) is 36.8 Å². The Morgan fingerprint density at radius 1 is 1.22 bits per heavy atom. The molecule has 0 aliphatic rings. The zero-order chi connectivity index (χ0) is 16.5. The molecule has 6 heteroatoms. The van der Waals surface area contributed by atoms with E-state index in [1.165, 1.54) is 5.56 Å². The summed E-state index contributed by atoms with van der Waals surface area (Å²) >= 11 is 0. The van der Waals surface area contributed by atoms with Gasteiger partial charge in [0.05, 0.1) is 0 Å². The van der Waals surface area contributed by atoms with E-state index in [0.717, 1.165) is 25.8 Å². The quantitative estimate of drug-likeness (QED) is 0.756. The van der Waals surface area contributed by atoms with E-state index in [1.807, 2.05) is 24.1 Å². The highest BCUT2D eigenvalue weighted by Crippen LogP contribution is 2.07. The second kappa shape index (κ2) is 8.82. The molecule has 0 atom stereocenters. The van der Waals surface area contributed by atoms with Crippen molar-refractivity contribution in [3.05, 3.63) is 48.0 Å². The highest BCUT2D eigenvalue weighted by atomic mass is 16.1. The maximum absolute atomic E-state index is 12.0. The minimum atomic E-state index is -0.148. The normalized spacial score (nSPS) is 10.3. The summed E-state index contributed by atoms with van der Waals surface area (Å²) < 4.78 is 0. The van der Waals surface area contributed by atoms with E-state index in [4.69, 9.17) is 0 Å². The minimum Gasteiger partial charge on any atom is -0.351 e. The number of rotatable bonds is 8. The molecule has 0 radical (unpaired) electrons. The monoisotopic (exact) mass is 313 g/mol. The van der Waals surface area contributed by atoms with Gasteiger partial charge in [0.1, 0.15) is 5.69 Å². The molecule has 0 saturated carbocycles. The predicted molar refractivity (Wildman–Crippen MR) is 90.5 cm³/mol. The van der Waals surface area contributed by atoms with E-state index < -0.39 is 0 Å². The number of anilines is 1. The topological polar surface area (TPSA) is 71.0 Å². The number of unbranched alkanes of at least 4 members (excludes halogenated alkanes) is 1. The lowest BCUT2D eigenvalue weighted by Crippen LogP contribution is -2.27. The zero-order valence-electron chi connectivity index (χ0n) is 13.7. The number of amides is 1. The standard InChI is InChI=1S/C17H23N5O/c1-3-4-9-19-16(23)15-7-12-20-17(21-15)22(2)13-8-14-5-10-18-11-6-14/h5-7,10-12H,3-4,8-9,13H2,1-2H3,(H,19,23). The van der Waals surface area contributed by atoms with Gasteiger partial charge >= 0.3 is 0 Å². The first-order valence-electron chi connectivity index (χ1n) is 7.92. The van der Waals surface area contributed by atoms with Crippen molar-refractivity contribution in [2.45, 2.75) is 26.2 Å². The van der Waals surface area contributed by atoms with Crippen LogP contribution in [0.25, 0.3) is 0 Å². The number of nitrogens with zero attached hydrogens (tertiary/aromatic N) is 4. The zero-order valence-corrected chi connectivity index (χ0v) is 13.7. The molecule has 6 nitrogen and oxygen atoms in total. The SMILES string of the molecule is CCCCNC(=O)c1ccnc(N(C)CCc2ccncc2)n1. The third-order valence-corrected chi connectivity index (χ3v) is 3.52. The number of carbonyl (C=O) groups excluding carboxylic acids is 1. The van der Waals surface area contributed by atoms with Crippen molar-refractivity contribution in [1.29, 1.82) is 0 Å². The summed E-state index contributed by atoms with van der Waals surface area (Å²) in [6.07, 6.45) is 8.08. The summed E-state index contributed by atoms with van der Waals surface area (Å²) in [5.41, 5.74) is 1.61. The predicted octanol–water partition coefficient (Wildman–Crippen LogP) is 2.08. The number of pyridine rings is 1. The van der Waals surface area contributed by atoms with Crippen molar-refractivity contribution in [3.8, 4) is 0 Å². The first-order chi connectivity index (χ1) is 11.2. The fourth-order valence-electron chi connectivity index (χ4n) is 2.07. The highest BCUT2D eigenvalue weighted by molar-refractivity contribution is 5.92. The molecule has 2 heterocycles. The molecule has 0 spiro atoms. The Balaban J connectivity index is 1.94. The van der Waals surface area contributed by atoms with E-state index in [-0.39, 0.29) is 5.91 Å². The van der Waals surface area contributed by atoms with Crippen LogP contribution < -0.4 is 10.2 Å². The molecule has 0 bridgehead atoms. The maximum atomic E-state index is 12.0. The lowest BCUT2D eigenvalue weighted by atomic mass is 10.2. The summed E-state index contributed by atoms with van der Waals surface area (Å²) in [6.45, 7) is 3.53. The van der Waals surface area contributed by atoms with Crippen molar-refractivity contribution in [1.82, 2.24) is 20.3 Å². The molecule has 1 N–H and O–H groups in total. The van der Waals surface area contributed by atoms with Crippen LogP contribution in [0.2, 0.25) is 0 Å². The second-order valence-electron chi connectivity index (χ2n) is 5.38. The number of aromatic nitrogens is 3. The fourth-order valence-corrected chi connectivity index (χ4v) is 2.07. The van der Waals surface area contributed by atoms with Crippen molar-refractivity contribution in [2.24, 2.45) is 0 Å². The van der Waals surface area contributed by atoms with Crippen LogP contribution in [0.3, 0.4) is 0 Å². The molecular formula is C17H23N5O. The molecule has 0 aliphatic carbocycles. The van der Waals surface area contributed by atoms with Crippen LogP contribution in [-0.4, -0.2) is 41.0 Å². The molecule has 0 fully saturated rings. The van der Waals surface area contributed by atoms with Crippen LogP contribution in [0.5, 0.6) is 0 Å². The van der Waals surface area contributed by atoms with Crippen molar-refractivity contribution in [2.75, 3.05) is 25.0 Å². The Morgan fingerprint density at radius 3 is 2.74 bits per heavy atom. The van der Waals surface area contributed by atoms with Gasteiger partial charge in [0.2, 0.25) is 5.95 Å². The van der Waals surface area contributed by atoms with E-state index in [0.29, 0.717) is 18.2 Å². The van der Waals surface area contributed by atoms with Crippen molar-refractivity contribution in [3.63, 3.8) is 0 Å². The highest BCUT2D eigenvalue weighted by Gasteiger charge is 2.10. The Hall–Kier alpha value is -2.50. The Labute approximate surface area is 137 Å². The summed E-state index contributed by atoms with van der Waals surface area (Å²) in [5, 5.41) is 2.87. The molecule has 122 valence electrons. The molecule has 23 heavy (non-hydrogen) atoms. The molecule has 2 aromatic rings. The Bertz CT molecular complexity index is 617. The smallest absolute Gasteiger partial charge is 0.270 e. The Kier molecular flexibility index (Phi) is 6.47. The third kappa shape index (κ3) is 5.32. The number of hydrogen-bond acceptors (Lipinski definition) is 5. The van der Waals surface area contributed by atoms with Gasteiger partial charge in [-0.2, -0.15) is 0 Å². The number of likely N-dealkylation sites (N-methyl/N-ethyl adjacent to an activating group) is 1. The average molecular weight is 313 g/mol. The van der Waals surface area contributed by atoms with Gasteiger partial charge in [-0.15, -0.1) is 0 Å². The molecule has 1 amide bonds. The third-order valence-electron chi connectivity index (χ3n) is 3.52. The molecule has 0 unspecified atom stereocenters. The first-order valence-corrected chi connectivity index (χ1v) is 7.92.